The van der Waals surface area contributed by atoms with Gasteiger partial charge in [0.1, 0.15) is 0 Å². The largest absolute Gasteiger partial charge is 0.472 e. The number of amides is 2. The van der Waals surface area contributed by atoms with E-state index in [4.69, 9.17) is 4.42 Å². The molecule has 1 aliphatic heterocycles. The van der Waals surface area contributed by atoms with E-state index < -0.39 is 0 Å². The summed E-state index contributed by atoms with van der Waals surface area (Å²) < 4.78 is 4.95. The summed E-state index contributed by atoms with van der Waals surface area (Å²) in [6.45, 7) is 1.40. The summed E-state index contributed by atoms with van der Waals surface area (Å²) in [7, 11) is 0. The summed E-state index contributed by atoms with van der Waals surface area (Å²) in [5, 5.41) is 2.84. The van der Waals surface area contributed by atoms with Crippen LogP contribution in [0.2, 0.25) is 0 Å². The molecular weight excluding hydrogens is 282 g/mol. The van der Waals surface area contributed by atoms with Gasteiger partial charge in [-0.05, 0) is 23.8 Å². The Kier molecular flexibility index (Phi) is 4.18. The summed E-state index contributed by atoms with van der Waals surface area (Å²) in [5.41, 5.74) is 1.93. The molecular formula is C16H17N3O3. The lowest BCUT2D eigenvalue weighted by atomic mass is 10.1. The van der Waals surface area contributed by atoms with Gasteiger partial charge < -0.3 is 14.6 Å². The lowest BCUT2D eigenvalue weighted by Gasteiger charge is -2.16. The van der Waals surface area contributed by atoms with Crippen LogP contribution in [0.3, 0.4) is 0 Å². The molecule has 0 aromatic carbocycles. The van der Waals surface area contributed by atoms with Gasteiger partial charge in [-0.15, -0.1) is 0 Å². The molecule has 0 aliphatic carbocycles. The van der Waals surface area contributed by atoms with Gasteiger partial charge in [-0.25, -0.2) is 0 Å². The van der Waals surface area contributed by atoms with Crippen LogP contribution >= 0.6 is 0 Å². The van der Waals surface area contributed by atoms with E-state index in [1.165, 1.54) is 0 Å². The summed E-state index contributed by atoms with van der Waals surface area (Å²) >= 11 is 0. The number of hydrogen-bond donors (Lipinski definition) is 1. The van der Waals surface area contributed by atoms with Gasteiger partial charge in [0, 0.05) is 44.0 Å². The van der Waals surface area contributed by atoms with Crippen molar-refractivity contribution in [3.63, 3.8) is 0 Å². The molecule has 0 bridgehead atoms. The van der Waals surface area contributed by atoms with Crippen molar-refractivity contribution in [2.75, 3.05) is 6.54 Å². The lowest BCUT2D eigenvalue weighted by Crippen LogP contribution is -2.32. The van der Waals surface area contributed by atoms with Crippen molar-refractivity contribution >= 4 is 11.8 Å². The van der Waals surface area contributed by atoms with E-state index in [2.05, 4.69) is 10.3 Å². The Hall–Kier alpha value is -2.63. The second-order valence-electron chi connectivity index (χ2n) is 5.38. The van der Waals surface area contributed by atoms with E-state index in [1.54, 1.807) is 35.9 Å². The van der Waals surface area contributed by atoms with Crippen molar-refractivity contribution in [2.45, 2.75) is 19.5 Å². The molecule has 0 radical (unpaired) electrons. The first kappa shape index (κ1) is 14.3. The maximum atomic E-state index is 12.2. The molecule has 0 saturated carbocycles. The lowest BCUT2D eigenvalue weighted by molar-refractivity contribution is -0.129. The number of hydrogen-bond acceptors (Lipinski definition) is 4. The van der Waals surface area contributed by atoms with Gasteiger partial charge in [0.25, 0.3) is 0 Å². The van der Waals surface area contributed by atoms with Crippen molar-refractivity contribution in [2.24, 2.45) is 5.92 Å². The number of furan rings is 1. The molecule has 1 fully saturated rings. The van der Waals surface area contributed by atoms with Crippen LogP contribution in [0.5, 0.6) is 0 Å². The van der Waals surface area contributed by atoms with E-state index >= 15 is 0 Å². The third-order valence-corrected chi connectivity index (χ3v) is 3.75. The number of carbonyl (C=O) groups is 2. The van der Waals surface area contributed by atoms with Crippen LogP contribution in [0.1, 0.15) is 17.5 Å². The molecule has 6 heteroatoms. The predicted octanol–water partition coefficient (Wildman–Crippen LogP) is 1.34. The third kappa shape index (κ3) is 3.33. The highest BCUT2D eigenvalue weighted by atomic mass is 16.3. The van der Waals surface area contributed by atoms with E-state index in [-0.39, 0.29) is 24.2 Å². The van der Waals surface area contributed by atoms with Gasteiger partial charge >= 0.3 is 0 Å². The SMILES string of the molecule is O=C(NCc1ccoc1)[C@H]1CC(=O)N(Cc2ccncc2)C1. The molecule has 2 aromatic heterocycles. The summed E-state index contributed by atoms with van der Waals surface area (Å²) in [6.07, 6.45) is 6.82. The number of likely N-dealkylation sites (tertiary alicyclic amines) is 1. The maximum Gasteiger partial charge on any atom is 0.225 e. The van der Waals surface area contributed by atoms with Crippen LogP contribution in [0.4, 0.5) is 0 Å². The Morgan fingerprint density at radius 1 is 1.32 bits per heavy atom. The second-order valence-corrected chi connectivity index (χ2v) is 5.38. The van der Waals surface area contributed by atoms with Crippen LogP contribution in [0.15, 0.2) is 47.5 Å². The molecule has 3 rings (SSSR count). The maximum absolute atomic E-state index is 12.2. The molecule has 1 saturated heterocycles. The number of pyridine rings is 1. The van der Waals surface area contributed by atoms with Gasteiger partial charge in [-0.1, -0.05) is 0 Å². The van der Waals surface area contributed by atoms with Gasteiger partial charge in [0.05, 0.1) is 18.4 Å². The zero-order valence-electron chi connectivity index (χ0n) is 12.1. The molecule has 1 N–H and O–H groups in total. The molecule has 3 heterocycles. The number of nitrogens with one attached hydrogen (secondary N) is 1. The molecule has 1 atom stereocenters. The van der Waals surface area contributed by atoms with E-state index in [9.17, 15) is 9.59 Å². The minimum absolute atomic E-state index is 0.0141. The van der Waals surface area contributed by atoms with Crippen LogP contribution < -0.4 is 5.32 Å². The number of carbonyl (C=O) groups excluding carboxylic acids is 2. The molecule has 0 spiro atoms. The van der Waals surface area contributed by atoms with Crippen molar-refractivity contribution in [1.82, 2.24) is 15.2 Å². The van der Waals surface area contributed by atoms with Crippen LogP contribution in [0, 0.1) is 5.92 Å². The average Bonchev–Trinajstić information content (AvgIpc) is 3.16. The minimum atomic E-state index is -0.291. The standard InChI is InChI=1S/C16H17N3O3/c20-15-7-14(16(21)18-8-13-3-6-22-11-13)10-19(15)9-12-1-4-17-5-2-12/h1-6,11,14H,7-10H2,(H,18,21)/t14-/m0/s1. The Balaban J connectivity index is 1.53. The zero-order valence-corrected chi connectivity index (χ0v) is 12.1. The van der Waals surface area contributed by atoms with E-state index in [0.29, 0.717) is 19.6 Å². The fourth-order valence-electron chi connectivity index (χ4n) is 2.54. The highest BCUT2D eigenvalue weighted by Gasteiger charge is 2.34. The van der Waals surface area contributed by atoms with Crippen molar-refractivity contribution in [3.8, 4) is 0 Å². The number of nitrogens with zero attached hydrogens (tertiary/aromatic N) is 2. The van der Waals surface area contributed by atoms with Gasteiger partial charge in [-0.3, -0.25) is 14.6 Å². The molecule has 0 unspecified atom stereocenters. The Labute approximate surface area is 128 Å². The van der Waals surface area contributed by atoms with E-state index in [1.807, 2.05) is 12.1 Å². The summed E-state index contributed by atoms with van der Waals surface area (Å²) in [6, 6.07) is 5.55. The second kappa shape index (κ2) is 6.43. The quantitative estimate of drug-likeness (QED) is 0.904. The van der Waals surface area contributed by atoms with Gasteiger partial charge in [0.2, 0.25) is 11.8 Å². The van der Waals surface area contributed by atoms with Crippen molar-refractivity contribution in [3.05, 3.63) is 54.2 Å². The Morgan fingerprint density at radius 2 is 2.14 bits per heavy atom. The first-order valence-electron chi connectivity index (χ1n) is 7.18. The van der Waals surface area contributed by atoms with Crippen LogP contribution in [-0.4, -0.2) is 28.2 Å². The van der Waals surface area contributed by atoms with Gasteiger partial charge in [-0.2, -0.15) is 0 Å². The highest BCUT2D eigenvalue weighted by Crippen LogP contribution is 2.20. The Bertz CT molecular complexity index is 640. The molecule has 2 aromatic rings. The zero-order chi connectivity index (χ0) is 15.4. The van der Waals surface area contributed by atoms with E-state index in [0.717, 1.165) is 11.1 Å². The molecule has 22 heavy (non-hydrogen) atoms. The monoisotopic (exact) mass is 299 g/mol. The van der Waals surface area contributed by atoms with Crippen LogP contribution in [0.25, 0.3) is 0 Å². The summed E-state index contributed by atoms with van der Waals surface area (Å²) in [4.78, 5) is 29.9. The molecule has 6 nitrogen and oxygen atoms in total. The fourth-order valence-corrected chi connectivity index (χ4v) is 2.54. The third-order valence-electron chi connectivity index (χ3n) is 3.75. The summed E-state index contributed by atoms with van der Waals surface area (Å²) in [5.74, 6) is -0.367. The van der Waals surface area contributed by atoms with Crippen LogP contribution in [-0.2, 0) is 22.7 Å². The Morgan fingerprint density at radius 3 is 2.86 bits per heavy atom. The highest BCUT2D eigenvalue weighted by molar-refractivity contribution is 5.89. The van der Waals surface area contributed by atoms with Gasteiger partial charge in [0.15, 0.2) is 0 Å². The number of aromatic nitrogens is 1. The minimum Gasteiger partial charge on any atom is -0.472 e. The molecule has 114 valence electrons. The first-order chi connectivity index (χ1) is 10.7. The topological polar surface area (TPSA) is 75.4 Å². The fraction of sp³-hybridized carbons (Fsp3) is 0.312. The van der Waals surface area contributed by atoms with Crippen molar-refractivity contribution < 1.29 is 14.0 Å². The normalized spacial score (nSPS) is 17.7. The number of rotatable bonds is 5. The smallest absolute Gasteiger partial charge is 0.225 e. The predicted molar refractivity (Wildman–Crippen MR) is 78.3 cm³/mol. The van der Waals surface area contributed by atoms with Crippen molar-refractivity contribution in [1.29, 1.82) is 0 Å². The molecule has 1 aliphatic rings. The first-order valence-corrected chi connectivity index (χ1v) is 7.18. The molecule has 2 amide bonds. The average molecular weight is 299 g/mol.